The monoisotopic (exact) mass is 484 g/mol. The van der Waals surface area contributed by atoms with Crippen molar-refractivity contribution in [2.75, 3.05) is 52.7 Å². The summed E-state index contributed by atoms with van der Waals surface area (Å²) in [5.74, 6) is 0.917. The highest BCUT2D eigenvalue weighted by atomic mass is 127. The van der Waals surface area contributed by atoms with Crippen LogP contribution in [0.4, 0.5) is 0 Å². The fraction of sp³-hybridized carbons (Fsp3) is 0.944. The molecule has 2 rings (SSSR count). The van der Waals surface area contributed by atoms with Crippen LogP contribution in [0, 0.1) is 0 Å². The summed E-state index contributed by atoms with van der Waals surface area (Å²) in [6.07, 6.45) is 8.46. The molecule has 0 aromatic heterocycles. The summed E-state index contributed by atoms with van der Waals surface area (Å²) in [7, 11) is 1.86. The molecule has 2 heterocycles. The maximum absolute atomic E-state index is 5.53. The lowest BCUT2D eigenvalue weighted by molar-refractivity contribution is 0.0782. The number of likely N-dealkylation sites (tertiary alicyclic amines) is 1. The lowest BCUT2D eigenvalue weighted by Gasteiger charge is -2.41. The van der Waals surface area contributed by atoms with Crippen LogP contribution in [0.1, 0.15) is 46.0 Å². The summed E-state index contributed by atoms with van der Waals surface area (Å²) in [5, 5.41) is 7.09. The molecule has 0 bridgehead atoms. The molecular formula is C18H37IN4OS. The highest BCUT2D eigenvalue weighted by Gasteiger charge is 2.32. The van der Waals surface area contributed by atoms with Gasteiger partial charge >= 0.3 is 0 Å². The number of hydrogen-bond donors (Lipinski definition) is 2. The highest BCUT2D eigenvalue weighted by Crippen LogP contribution is 2.32. The van der Waals surface area contributed by atoms with Crippen molar-refractivity contribution in [3.8, 4) is 0 Å². The van der Waals surface area contributed by atoms with E-state index in [0.717, 1.165) is 45.1 Å². The molecule has 0 radical (unpaired) electrons. The maximum atomic E-state index is 5.53. The zero-order chi connectivity index (χ0) is 17.5. The van der Waals surface area contributed by atoms with E-state index in [1.807, 2.05) is 18.8 Å². The minimum Gasteiger partial charge on any atom is -0.381 e. The van der Waals surface area contributed by atoms with Crippen LogP contribution in [0.25, 0.3) is 0 Å². The SMILES string of the molecule is CN=C(NCC1(SC)CCOCC1)NCC(C)(C)N1CCCCC1.I. The summed E-state index contributed by atoms with van der Waals surface area (Å²) < 4.78 is 5.80. The van der Waals surface area contributed by atoms with Crippen LogP contribution < -0.4 is 10.6 Å². The quantitative estimate of drug-likeness (QED) is 0.345. The van der Waals surface area contributed by atoms with Crippen LogP contribution in [0.3, 0.4) is 0 Å². The van der Waals surface area contributed by atoms with Crippen molar-refractivity contribution in [3.05, 3.63) is 0 Å². The number of halogens is 1. The molecule has 0 saturated carbocycles. The Labute approximate surface area is 175 Å². The van der Waals surface area contributed by atoms with Gasteiger partial charge in [0.1, 0.15) is 0 Å². The predicted molar refractivity (Wildman–Crippen MR) is 121 cm³/mol. The fourth-order valence-corrected chi connectivity index (χ4v) is 4.36. The molecule has 7 heteroatoms. The summed E-state index contributed by atoms with van der Waals surface area (Å²) >= 11 is 1.96. The molecule has 0 aromatic rings. The van der Waals surface area contributed by atoms with Gasteiger partial charge in [-0.05, 0) is 58.9 Å². The summed E-state index contributed by atoms with van der Waals surface area (Å²) in [6, 6.07) is 0. The van der Waals surface area contributed by atoms with Crippen LogP contribution in [0.15, 0.2) is 4.99 Å². The van der Waals surface area contributed by atoms with Gasteiger partial charge in [-0.1, -0.05) is 6.42 Å². The molecule has 2 aliphatic rings. The van der Waals surface area contributed by atoms with E-state index in [1.54, 1.807) is 0 Å². The smallest absolute Gasteiger partial charge is 0.191 e. The van der Waals surface area contributed by atoms with E-state index in [2.05, 4.69) is 40.6 Å². The Morgan fingerprint density at radius 3 is 2.36 bits per heavy atom. The lowest BCUT2D eigenvalue weighted by atomic mass is 9.98. The van der Waals surface area contributed by atoms with Crippen molar-refractivity contribution in [2.24, 2.45) is 4.99 Å². The topological polar surface area (TPSA) is 48.9 Å². The molecule has 0 unspecified atom stereocenters. The number of nitrogens with zero attached hydrogens (tertiary/aromatic N) is 2. The van der Waals surface area contributed by atoms with Gasteiger partial charge in [0.2, 0.25) is 0 Å². The number of nitrogens with one attached hydrogen (secondary N) is 2. The fourth-order valence-electron chi connectivity index (χ4n) is 3.57. The van der Waals surface area contributed by atoms with Crippen LogP contribution in [0.5, 0.6) is 0 Å². The number of rotatable bonds is 6. The molecule has 0 amide bonds. The number of ether oxygens (including phenoxy) is 1. The molecule has 2 N–H and O–H groups in total. The van der Waals surface area contributed by atoms with Crippen molar-refractivity contribution >= 4 is 41.7 Å². The average Bonchev–Trinajstić information content (AvgIpc) is 2.63. The number of hydrogen-bond acceptors (Lipinski definition) is 4. The van der Waals surface area contributed by atoms with Gasteiger partial charge in [0.05, 0.1) is 0 Å². The zero-order valence-corrected chi connectivity index (χ0v) is 19.5. The number of aliphatic imine (C=N–C) groups is 1. The Balaban J connectivity index is 0.00000312. The first-order valence-electron chi connectivity index (χ1n) is 9.34. The predicted octanol–water partition coefficient (Wildman–Crippen LogP) is 2.95. The number of guanidine groups is 1. The van der Waals surface area contributed by atoms with Crippen molar-refractivity contribution in [1.82, 2.24) is 15.5 Å². The first-order valence-corrected chi connectivity index (χ1v) is 10.6. The number of thioether (sulfide) groups is 1. The maximum Gasteiger partial charge on any atom is 0.191 e. The first-order chi connectivity index (χ1) is 11.5. The second-order valence-electron chi connectivity index (χ2n) is 7.64. The van der Waals surface area contributed by atoms with Crippen LogP contribution >= 0.6 is 35.7 Å². The highest BCUT2D eigenvalue weighted by molar-refractivity contribution is 14.0. The van der Waals surface area contributed by atoms with E-state index in [0.29, 0.717) is 0 Å². The Kier molecular flexibility index (Phi) is 10.4. The van der Waals surface area contributed by atoms with Gasteiger partial charge in [-0.2, -0.15) is 11.8 Å². The molecule has 2 fully saturated rings. The Morgan fingerprint density at radius 2 is 1.80 bits per heavy atom. The van der Waals surface area contributed by atoms with Gasteiger partial charge in [-0.25, -0.2) is 0 Å². The summed E-state index contributed by atoms with van der Waals surface area (Å²) in [6.45, 7) is 10.7. The first kappa shape index (κ1) is 23.3. The summed E-state index contributed by atoms with van der Waals surface area (Å²) in [4.78, 5) is 7.03. The van der Waals surface area contributed by atoms with Gasteiger partial charge in [-0.15, -0.1) is 24.0 Å². The molecule has 148 valence electrons. The normalized spacial score (nSPS) is 22.2. The molecule has 2 saturated heterocycles. The molecule has 2 aliphatic heterocycles. The molecule has 0 atom stereocenters. The third kappa shape index (κ3) is 7.07. The van der Waals surface area contributed by atoms with Gasteiger partial charge in [0.15, 0.2) is 5.96 Å². The molecule has 0 spiro atoms. The lowest BCUT2D eigenvalue weighted by Crippen LogP contribution is -2.56. The standard InChI is InChI=1S/C18H36N4OS.HI/c1-17(2,22-10-6-5-7-11-22)14-20-16(19-3)21-15-18(24-4)8-12-23-13-9-18;/h5-15H2,1-4H3,(H2,19,20,21);1H. The average molecular weight is 484 g/mol. The van der Waals surface area contributed by atoms with Crippen LogP contribution in [0.2, 0.25) is 0 Å². The summed E-state index contributed by atoms with van der Waals surface area (Å²) in [5.41, 5.74) is 0.161. The third-order valence-corrected chi connectivity index (χ3v) is 6.96. The molecule has 25 heavy (non-hydrogen) atoms. The number of piperidine rings is 1. The van der Waals surface area contributed by atoms with E-state index in [9.17, 15) is 0 Å². The minimum absolute atomic E-state index is 0. The second-order valence-corrected chi connectivity index (χ2v) is 8.91. The largest absolute Gasteiger partial charge is 0.381 e. The van der Waals surface area contributed by atoms with E-state index < -0.39 is 0 Å². The van der Waals surface area contributed by atoms with Gasteiger partial charge < -0.3 is 15.4 Å². The molecule has 0 aliphatic carbocycles. The minimum atomic E-state index is 0. The zero-order valence-electron chi connectivity index (χ0n) is 16.4. The van der Waals surface area contributed by atoms with Crippen molar-refractivity contribution in [1.29, 1.82) is 0 Å². The molecule has 0 aromatic carbocycles. The van der Waals surface area contributed by atoms with Crippen molar-refractivity contribution in [3.63, 3.8) is 0 Å². The second kappa shape index (κ2) is 11.2. The Morgan fingerprint density at radius 1 is 1.16 bits per heavy atom. The molecular weight excluding hydrogens is 447 g/mol. The Hall–Kier alpha value is 0.270. The van der Waals surface area contributed by atoms with Crippen LogP contribution in [-0.2, 0) is 4.74 Å². The van der Waals surface area contributed by atoms with E-state index >= 15 is 0 Å². The third-order valence-electron chi connectivity index (χ3n) is 5.54. The van der Waals surface area contributed by atoms with Gasteiger partial charge in [0.25, 0.3) is 0 Å². The van der Waals surface area contributed by atoms with Crippen LogP contribution in [-0.4, -0.2) is 73.8 Å². The Bertz CT molecular complexity index is 408. The molecule has 5 nitrogen and oxygen atoms in total. The van der Waals surface area contributed by atoms with Crippen molar-refractivity contribution < 1.29 is 4.74 Å². The van der Waals surface area contributed by atoms with E-state index in [1.165, 1.54) is 32.4 Å². The van der Waals surface area contributed by atoms with Gasteiger partial charge in [0, 0.05) is 43.6 Å². The van der Waals surface area contributed by atoms with E-state index in [-0.39, 0.29) is 34.3 Å². The van der Waals surface area contributed by atoms with Gasteiger partial charge in [-0.3, -0.25) is 9.89 Å². The van der Waals surface area contributed by atoms with Crippen molar-refractivity contribution in [2.45, 2.75) is 56.2 Å². The van der Waals surface area contributed by atoms with E-state index in [4.69, 9.17) is 4.74 Å².